The molecule has 1 aromatic heterocycles. The van der Waals surface area contributed by atoms with Gasteiger partial charge in [0, 0.05) is 16.0 Å². The summed E-state index contributed by atoms with van der Waals surface area (Å²) in [6.45, 7) is 1.97. The van der Waals surface area contributed by atoms with Crippen LogP contribution in [0, 0.1) is 6.92 Å². The lowest BCUT2D eigenvalue weighted by molar-refractivity contribution is 0.101. The number of hydrogen-bond donors (Lipinski definition) is 2. The lowest BCUT2D eigenvalue weighted by Crippen LogP contribution is -2.18. The Kier molecular flexibility index (Phi) is 3.96. The second-order valence-electron chi connectivity index (χ2n) is 4.13. The Morgan fingerprint density at radius 1 is 1.37 bits per heavy atom. The van der Waals surface area contributed by atoms with E-state index in [1.54, 1.807) is 7.05 Å². The van der Waals surface area contributed by atoms with E-state index in [1.807, 2.05) is 19.1 Å². The van der Waals surface area contributed by atoms with Gasteiger partial charge in [0.2, 0.25) is 0 Å². The molecule has 0 radical (unpaired) electrons. The Bertz CT molecular complexity index is 609. The van der Waals surface area contributed by atoms with Gasteiger partial charge in [-0.1, -0.05) is 0 Å². The molecule has 0 aliphatic heterocycles. The number of nitrogens with zero attached hydrogens (tertiary/aromatic N) is 2. The Hall–Kier alpha value is -1.34. The fourth-order valence-electron chi connectivity index (χ4n) is 1.72. The molecule has 0 unspecified atom stereocenters. The maximum atomic E-state index is 12.2. The summed E-state index contributed by atoms with van der Waals surface area (Å²) in [6.07, 6.45) is 1.45. The van der Waals surface area contributed by atoms with Crippen molar-refractivity contribution < 1.29 is 4.79 Å². The number of nitrogen functional groups attached to an aromatic ring is 1. The molecule has 1 aromatic carbocycles. The standard InChI is InChI=1S/C12H12Br2N4O/c1-6-3-7(13)10(8(14)4-6)17-12(19)11-9(15)5-16-18(11)2/h3-5H,15H2,1-2H3,(H,17,19). The molecule has 0 fully saturated rings. The van der Waals surface area contributed by atoms with Gasteiger partial charge in [-0.15, -0.1) is 0 Å². The number of nitrogens with one attached hydrogen (secondary N) is 1. The second kappa shape index (κ2) is 5.34. The van der Waals surface area contributed by atoms with Crippen LogP contribution in [0.3, 0.4) is 0 Å². The molecule has 19 heavy (non-hydrogen) atoms. The lowest BCUT2D eigenvalue weighted by Gasteiger charge is -2.11. The number of aryl methyl sites for hydroxylation is 2. The van der Waals surface area contributed by atoms with Gasteiger partial charge in [0.15, 0.2) is 0 Å². The van der Waals surface area contributed by atoms with E-state index in [9.17, 15) is 4.79 Å². The largest absolute Gasteiger partial charge is 0.396 e. The van der Waals surface area contributed by atoms with Gasteiger partial charge in [0.05, 0.1) is 17.6 Å². The third-order valence-electron chi connectivity index (χ3n) is 2.61. The predicted molar refractivity (Wildman–Crippen MR) is 82.2 cm³/mol. The van der Waals surface area contributed by atoms with Crippen molar-refractivity contribution in [1.82, 2.24) is 9.78 Å². The van der Waals surface area contributed by atoms with Gasteiger partial charge in [0.25, 0.3) is 5.91 Å². The van der Waals surface area contributed by atoms with E-state index in [2.05, 4.69) is 42.3 Å². The molecule has 5 nitrogen and oxygen atoms in total. The first kappa shape index (κ1) is 14.1. The topological polar surface area (TPSA) is 72.9 Å². The smallest absolute Gasteiger partial charge is 0.276 e. The highest BCUT2D eigenvalue weighted by atomic mass is 79.9. The lowest BCUT2D eigenvalue weighted by atomic mass is 10.2. The van der Waals surface area contributed by atoms with Crippen LogP contribution >= 0.6 is 31.9 Å². The van der Waals surface area contributed by atoms with Crippen molar-refractivity contribution in [2.75, 3.05) is 11.1 Å². The van der Waals surface area contributed by atoms with Gasteiger partial charge in [-0.25, -0.2) is 0 Å². The van der Waals surface area contributed by atoms with Crippen LogP contribution in [0.1, 0.15) is 16.1 Å². The second-order valence-corrected chi connectivity index (χ2v) is 5.84. The highest BCUT2D eigenvalue weighted by molar-refractivity contribution is 9.11. The highest BCUT2D eigenvalue weighted by Crippen LogP contribution is 2.32. The third-order valence-corrected chi connectivity index (χ3v) is 3.86. The van der Waals surface area contributed by atoms with Gasteiger partial charge >= 0.3 is 0 Å². The van der Waals surface area contributed by atoms with E-state index >= 15 is 0 Å². The molecule has 0 spiro atoms. The number of anilines is 2. The molecule has 0 aliphatic carbocycles. The molecule has 2 rings (SSSR count). The van der Waals surface area contributed by atoms with Crippen LogP contribution in [0.2, 0.25) is 0 Å². The van der Waals surface area contributed by atoms with Crippen LogP contribution < -0.4 is 11.1 Å². The minimum absolute atomic E-state index is 0.303. The van der Waals surface area contributed by atoms with E-state index in [-0.39, 0.29) is 5.91 Å². The van der Waals surface area contributed by atoms with Crippen molar-refractivity contribution in [2.45, 2.75) is 6.92 Å². The average molecular weight is 388 g/mol. The van der Waals surface area contributed by atoms with Gasteiger partial charge in [-0.05, 0) is 56.5 Å². The number of rotatable bonds is 2. The van der Waals surface area contributed by atoms with E-state index in [0.717, 1.165) is 14.5 Å². The molecule has 0 aliphatic rings. The number of halogens is 2. The SMILES string of the molecule is Cc1cc(Br)c(NC(=O)c2c(N)cnn2C)c(Br)c1. The summed E-state index contributed by atoms with van der Waals surface area (Å²) in [5, 5.41) is 6.76. The molecule has 0 bridgehead atoms. The molecule has 3 N–H and O–H groups in total. The number of hydrogen-bond acceptors (Lipinski definition) is 3. The van der Waals surface area contributed by atoms with Crippen molar-refractivity contribution in [3.63, 3.8) is 0 Å². The number of nitrogens with two attached hydrogens (primary N) is 1. The zero-order valence-corrected chi connectivity index (χ0v) is 13.5. The van der Waals surface area contributed by atoms with Crippen LogP contribution in [-0.2, 0) is 7.05 Å². The maximum absolute atomic E-state index is 12.2. The van der Waals surface area contributed by atoms with Crippen molar-refractivity contribution in [3.8, 4) is 0 Å². The fraction of sp³-hybridized carbons (Fsp3) is 0.167. The molecular weight excluding hydrogens is 376 g/mol. The molecule has 1 amide bonds. The number of carbonyl (C=O) groups is 1. The minimum atomic E-state index is -0.303. The van der Waals surface area contributed by atoms with Crippen LogP contribution in [-0.4, -0.2) is 15.7 Å². The predicted octanol–water partition coefficient (Wildman–Crippen LogP) is 3.09. The highest BCUT2D eigenvalue weighted by Gasteiger charge is 2.17. The van der Waals surface area contributed by atoms with Gasteiger partial charge in [-0.2, -0.15) is 5.10 Å². The van der Waals surface area contributed by atoms with E-state index in [1.165, 1.54) is 10.9 Å². The summed E-state index contributed by atoms with van der Waals surface area (Å²) < 4.78 is 3.04. The van der Waals surface area contributed by atoms with Crippen molar-refractivity contribution in [1.29, 1.82) is 0 Å². The van der Waals surface area contributed by atoms with Crippen molar-refractivity contribution >= 4 is 49.1 Å². The molecule has 100 valence electrons. The van der Waals surface area contributed by atoms with E-state index in [4.69, 9.17) is 5.73 Å². The van der Waals surface area contributed by atoms with Crippen LogP contribution in [0.4, 0.5) is 11.4 Å². The van der Waals surface area contributed by atoms with E-state index < -0.39 is 0 Å². The first-order valence-electron chi connectivity index (χ1n) is 5.44. The van der Waals surface area contributed by atoms with Crippen LogP contribution in [0.5, 0.6) is 0 Å². The zero-order chi connectivity index (χ0) is 14.2. The summed E-state index contributed by atoms with van der Waals surface area (Å²) in [6, 6.07) is 3.85. The normalized spacial score (nSPS) is 10.5. The van der Waals surface area contributed by atoms with Crippen molar-refractivity contribution in [3.05, 3.63) is 38.5 Å². The Balaban J connectivity index is 2.35. The molecule has 2 aromatic rings. The number of benzene rings is 1. The first-order valence-corrected chi connectivity index (χ1v) is 7.03. The first-order chi connectivity index (χ1) is 8.90. The monoisotopic (exact) mass is 386 g/mol. The summed E-state index contributed by atoms with van der Waals surface area (Å²) in [5.74, 6) is -0.303. The van der Waals surface area contributed by atoms with Crippen LogP contribution in [0.15, 0.2) is 27.3 Å². The number of carbonyl (C=O) groups excluding carboxylic acids is 1. The number of amides is 1. The molecule has 0 saturated carbocycles. The quantitative estimate of drug-likeness (QED) is 0.831. The van der Waals surface area contributed by atoms with Gasteiger partial charge in [-0.3, -0.25) is 9.48 Å². The summed E-state index contributed by atoms with van der Waals surface area (Å²) in [5.41, 5.74) is 8.15. The molecule has 0 atom stereocenters. The minimum Gasteiger partial charge on any atom is -0.396 e. The molecule has 0 saturated heterocycles. The Morgan fingerprint density at radius 3 is 2.42 bits per heavy atom. The summed E-state index contributed by atoms with van der Waals surface area (Å²) >= 11 is 6.86. The van der Waals surface area contributed by atoms with Gasteiger partial charge in [0.1, 0.15) is 5.69 Å². The average Bonchev–Trinajstić information content (AvgIpc) is 2.63. The van der Waals surface area contributed by atoms with Gasteiger partial charge < -0.3 is 11.1 Å². The molecule has 7 heteroatoms. The Labute approximate surface area is 127 Å². The van der Waals surface area contributed by atoms with Crippen molar-refractivity contribution in [2.24, 2.45) is 7.05 Å². The fourth-order valence-corrected chi connectivity index (χ4v) is 3.34. The summed E-state index contributed by atoms with van der Waals surface area (Å²) in [7, 11) is 1.67. The zero-order valence-electron chi connectivity index (χ0n) is 10.4. The third kappa shape index (κ3) is 2.82. The molecule has 1 heterocycles. The maximum Gasteiger partial charge on any atom is 0.276 e. The Morgan fingerprint density at radius 2 is 1.95 bits per heavy atom. The van der Waals surface area contributed by atoms with E-state index in [0.29, 0.717) is 17.1 Å². The molecular formula is C12H12Br2N4O. The number of aromatic nitrogens is 2. The summed E-state index contributed by atoms with van der Waals surface area (Å²) in [4.78, 5) is 12.2. The van der Waals surface area contributed by atoms with Crippen LogP contribution in [0.25, 0.3) is 0 Å².